The van der Waals surface area contributed by atoms with Gasteiger partial charge in [0.05, 0.1) is 18.1 Å². The van der Waals surface area contributed by atoms with Crippen molar-refractivity contribution in [3.05, 3.63) is 65.3 Å². The predicted molar refractivity (Wildman–Crippen MR) is 112 cm³/mol. The third-order valence-corrected chi connectivity index (χ3v) is 6.57. The molecule has 32 heavy (non-hydrogen) atoms. The van der Waals surface area contributed by atoms with Crippen LogP contribution in [0.3, 0.4) is 0 Å². The Morgan fingerprint density at radius 2 is 1.88 bits per heavy atom. The molecule has 1 aromatic heterocycles. The minimum atomic E-state index is -3.88. The lowest BCUT2D eigenvalue weighted by molar-refractivity contribution is 0.0272. The van der Waals surface area contributed by atoms with Crippen LogP contribution in [0.25, 0.3) is 11.4 Å². The molecular weight excluding hydrogens is 439 g/mol. The number of aromatic nitrogens is 2. The molecule has 0 aliphatic carbocycles. The highest BCUT2D eigenvalue weighted by Gasteiger charge is 2.25. The van der Waals surface area contributed by atoms with Gasteiger partial charge in [0.25, 0.3) is 0 Å². The number of carbonyl (C=O) groups excluding carboxylic acids is 1. The van der Waals surface area contributed by atoms with E-state index in [0.717, 1.165) is 0 Å². The maximum atomic E-state index is 13.1. The summed E-state index contributed by atoms with van der Waals surface area (Å²) >= 11 is 0. The molecule has 0 radical (unpaired) electrons. The van der Waals surface area contributed by atoms with Crippen molar-refractivity contribution in [2.24, 2.45) is 0 Å². The van der Waals surface area contributed by atoms with Gasteiger partial charge in [-0.3, -0.25) is 4.79 Å². The highest BCUT2D eigenvalue weighted by atomic mass is 32.2. The molecule has 0 unspecified atom stereocenters. The van der Waals surface area contributed by atoms with E-state index >= 15 is 0 Å². The van der Waals surface area contributed by atoms with Gasteiger partial charge in [0, 0.05) is 25.2 Å². The van der Waals surface area contributed by atoms with Gasteiger partial charge in [-0.15, -0.1) is 0 Å². The van der Waals surface area contributed by atoms with Gasteiger partial charge in [0.1, 0.15) is 5.82 Å². The molecule has 1 saturated heterocycles. The number of sulfonamides is 1. The molecule has 0 saturated carbocycles. The van der Waals surface area contributed by atoms with Crippen LogP contribution in [0.15, 0.2) is 51.9 Å². The van der Waals surface area contributed by atoms with E-state index in [-0.39, 0.29) is 23.2 Å². The summed E-state index contributed by atoms with van der Waals surface area (Å²) in [5.41, 5.74) is 1.53. The number of carbonyl (C=O) groups is 1. The van der Waals surface area contributed by atoms with Crippen LogP contribution in [-0.2, 0) is 21.3 Å². The minimum Gasteiger partial charge on any atom is -0.378 e. The first-order chi connectivity index (χ1) is 15.3. The molecule has 1 fully saturated rings. The van der Waals surface area contributed by atoms with Crippen molar-refractivity contribution in [2.45, 2.75) is 18.4 Å². The van der Waals surface area contributed by atoms with E-state index in [1.165, 1.54) is 30.3 Å². The first kappa shape index (κ1) is 22.1. The lowest BCUT2D eigenvalue weighted by atomic mass is 10.1. The minimum absolute atomic E-state index is 0.00664. The van der Waals surface area contributed by atoms with E-state index in [4.69, 9.17) is 9.26 Å². The van der Waals surface area contributed by atoms with Gasteiger partial charge < -0.3 is 14.2 Å². The van der Waals surface area contributed by atoms with E-state index in [9.17, 15) is 17.6 Å². The molecule has 9 nitrogen and oxygen atoms in total. The average molecular weight is 460 g/mol. The molecule has 2 aromatic carbocycles. The quantitative estimate of drug-likeness (QED) is 0.599. The van der Waals surface area contributed by atoms with Crippen LogP contribution in [-0.4, -0.2) is 55.7 Å². The van der Waals surface area contributed by atoms with Gasteiger partial charge in [0.15, 0.2) is 0 Å². The molecule has 0 spiro atoms. The third kappa shape index (κ3) is 4.85. The van der Waals surface area contributed by atoms with Gasteiger partial charge >= 0.3 is 11.8 Å². The van der Waals surface area contributed by atoms with Crippen LogP contribution in [0.4, 0.5) is 4.39 Å². The Morgan fingerprint density at radius 3 is 2.59 bits per heavy atom. The normalized spacial score (nSPS) is 14.5. The summed E-state index contributed by atoms with van der Waals surface area (Å²) in [7, 11) is -3.88. The molecule has 1 aliphatic heterocycles. The van der Waals surface area contributed by atoms with Crippen LogP contribution in [0.1, 0.15) is 21.8 Å². The maximum Gasteiger partial charge on any atom is 0.316 e. The molecule has 168 valence electrons. The monoisotopic (exact) mass is 460 g/mol. The number of ether oxygens (including phenoxy) is 1. The van der Waals surface area contributed by atoms with Crippen molar-refractivity contribution in [1.29, 1.82) is 0 Å². The van der Waals surface area contributed by atoms with E-state index in [0.29, 0.717) is 43.0 Å². The second kappa shape index (κ2) is 9.15. The lowest BCUT2D eigenvalue weighted by Crippen LogP contribution is -2.40. The van der Waals surface area contributed by atoms with Crippen molar-refractivity contribution in [3.63, 3.8) is 0 Å². The number of aryl methyl sites for hydroxylation is 1. The van der Waals surface area contributed by atoms with Gasteiger partial charge in [-0.25, -0.2) is 17.5 Å². The zero-order valence-corrected chi connectivity index (χ0v) is 18.1. The predicted octanol–water partition coefficient (Wildman–Crippen LogP) is 2.14. The summed E-state index contributed by atoms with van der Waals surface area (Å²) in [4.78, 5) is 18.3. The SMILES string of the molecule is Cc1ccc(-c2noc(C(=O)N3CCOCC3)n2)cc1S(=O)(=O)NCc1ccc(F)cc1. The highest BCUT2D eigenvalue weighted by molar-refractivity contribution is 7.89. The zero-order chi connectivity index (χ0) is 22.7. The molecule has 0 bridgehead atoms. The molecule has 4 rings (SSSR count). The Morgan fingerprint density at radius 1 is 1.16 bits per heavy atom. The van der Waals surface area contributed by atoms with Gasteiger partial charge in [-0.1, -0.05) is 29.4 Å². The number of benzene rings is 2. The lowest BCUT2D eigenvalue weighted by Gasteiger charge is -2.25. The molecular formula is C21H21FN4O5S. The standard InChI is InChI=1S/C21H21FN4O5S/c1-14-2-5-16(19-24-20(31-25-19)21(27)26-8-10-30-11-9-26)12-18(14)32(28,29)23-13-15-3-6-17(22)7-4-15/h2-7,12,23H,8-11,13H2,1H3. The second-order valence-electron chi connectivity index (χ2n) is 7.26. The van der Waals surface area contributed by atoms with Crippen molar-refractivity contribution in [3.8, 4) is 11.4 Å². The summed E-state index contributed by atoms with van der Waals surface area (Å²) in [6, 6.07) is 10.3. The number of nitrogens with zero attached hydrogens (tertiary/aromatic N) is 3. The summed E-state index contributed by atoms with van der Waals surface area (Å²) in [5.74, 6) is -0.849. The average Bonchev–Trinajstić information content (AvgIpc) is 3.29. The number of nitrogens with one attached hydrogen (secondary N) is 1. The van der Waals surface area contributed by atoms with Gasteiger partial charge in [-0.05, 0) is 36.2 Å². The number of amides is 1. The summed E-state index contributed by atoms with van der Waals surface area (Å²) < 4.78 is 51.7. The zero-order valence-electron chi connectivity index (χ0n) is 17.2. The number of morpholine rings is 1. The van der Waals surface area contributed by atoms with Crippen LogP contribution in [0.2, 0.25) is 0 Å². The maximum absolute atomic E-state index is 13.1. The Labute approximate surface area is 184 Å². The van der Waals surface area contributed by atoms with Crippen LogP contribution in [0, 0.1) is 12.7 Å². The Kier molecular flexibility index (Phi) is 6.31. The first-order valence-electron chi connectivity index (χ1n) is 9.89. The fraction of sp³-hybridized carbons (Fsp3) is 0.286. The smallest absolute Gasteiger partial charge is 0.316 e. The van der Waals surface area contributed by atoms with E-state index < -0.39 is 21.7 Å². The molecule has 2 heterocycles. The number of hydrogen-bond acceptors (Lipinski definition) is 7. The fourth-order valence-electron chi connectivity index (χ4n) is 3.22. The Hall–Kier alpha value is -3.15. The van der Waals surface area contributed by atoms with Crippen molar-refractivity contribution < 1.29 is 26.9 Å². The van der Waals surface area contributed by atoms with Crippen molar-refractivity contribution in [2.75, 3.05) is 26.3 Å². The van der Waals surface area contributed by atoms with E-state index in [1.54, 1.807) is 24.0 Å². The van der Waals surface area contributed by atoms with Crippen molar-refractivity contribution in [1.82, 2.24) is 19.8 Å². The van der Waals surface area contributed by atoms with Crippen molar-refractivity contribution >= 4 is 15.9 Å². The van der Waals surface area contributed by atoms with Crippen LogP contribution >= 0.6 is 0 Å². The molecule has 11 heteroatoms. The summed E-state index contributed by atoms with van der Waals surface area (Å²) in [6.07, 6.45) is 0. The van der Waals surface area contributed by atoms with E-state index in [1.807, 2.05) is 0 Å². The molecule has 1 aliphatic rings. The number of rotatable bonds is 6. The molecule has 3 aromatic rings. The Balaban J connectivity index is 1.54. The van der Waals surface area contributed by atoms with Crippen LogP contribution in [0.5, 0.6) is 0 Å². The van der Waals surface area contributed by atoms with E-state index in [2.05, 4.69) is 14.9 Å². The topological polar surface area (TPSA) is 115 Å². The Bertz CT molecular complexity index is 1220. The summed E-state index contributed by atoms with van der Waals surface area (Å²) in [6.45, 7) is 3.42. The van der Waals surface area contributed by atoms with Crippen LogP contribution < -0.4 is 4.72 Å². The van der Waals surface area contributed by atoms with Gasteiger partial charge in [0.2, 0.25) is 15.8 Å². The number of halogens is 1. The highest BCUT2D eigenvalue weighted by Crippen LogP contribution is 2.24. The molecule has 1 N–H and O–H groups in total. The van der Waals surface area contributed by atoms with Gasteiger partial charge in [-0.2, -0.15) is 4.98 Å². The third-order valence-electron chi connectivity index (χ3n) is 5.02. The largest absolute Gasteiger partial charge is 0.378 e. The second-order valence-corrected chi connectivity index (χ2v) is 8.99. The molecule has 1 amide bonds. The summed E-state index contributed by atoms with van der Waals surface area (Å²) in [5, 5.41) is 3.84. The first-order valence-corrected chi connectivity index (χ1v) is 11.4. The number of hydrogen-bond donors (Lipinski definition) is 1. The molecule has 0 atom stereocenters. The fourth-order valence-corrected chi connectivity index (χ4v) is 4.50.